The number of nitrogens with zero attached hydrogens (tertiary/aromatic N) is 1. The summed E-state index contributed by atoms with van der Waals surface area (Å²) in [5, 5.41) is 0. The van der Waals surface area contributed by atoms with E-state index < -0.39 is 5.60 Å². The van der Waals surface area contributed by atoms with Gasteiger partial charge in [-0.3, -0.25) is 4.79 Å². The summed E-state index contributed by atoms with van der Waals surface area (Å²) in [6, 6.07) is 5.88. The third-order valence-corrected chi connectivity index (χ3v) is 3.82. The average molecular weight is 389 g/mol. The molecule has 0 spiro atoms. The summed E-state index contributed by atoms with van der Waals surface area (Å²) in [7, 11) is 0. The fourth-order valence-corrected chi connectivity index (χ4v) is 2.64. The first-order chi connectivity index (χ1) is 9.45. The van der Waals surface area contributed by atoms with Crippen LogP contribution in [0.15, 0.2) is 18.2 Å². The standard InChI is InChI=1S/C15H20INO3/c1-4-8-19-9-7-17-12-10-11(16)5-6-13(12)20-15(2,3)14(17)18/h5-6,10H,4,7-9H2,1-3H3. The maximum atomic E-state index is 12.5. The topological polar surface area (TPSA) is 38.8 Å². The molecule has 1 aliphatic rings. The van der Waals surface area contributed by atoms with Crippen LogP contribution < -0.4 is 9.64 Å². The average Bonchev–Trinajstić information content (AvgIpc) is 2.39. The number of anilines is 1. The Hall–Kier alpha value is -0.820. The van der Waals surface area contributed by atoms with Crippen molar-refractivity contribution < 1.29 is 14.3 Å². The molecule has 1 aromatic carbocycles. The second-order valence-electron chi connectivity index (χ2n) is 5.29. The van der Waals surface area contributed by atoms with Crippen molar-refractivity contribution in [3.05, 3.63) is 21.8 Å². The van der Waals surface area contributed by atoms with Crippen molar-refractivity contribution >= 4 is 34.2 Å². The molecule has 1 aromatic rings. The Morgan fingerprint density at radius 2 is 2.10 bits per heavy atom. The van der Waals surface area contributed by atoms with Crippen molar-refractivity contribution in [2.24, 2.45) is 0 Å². The van der Waals surface area contributed by atoms with Crippen LogP contribution in [-0.4, -0.2) is 31.3 Å². The molecular formula is C15H20INO3. The summed E-state index contributed by atoms with van der Waals surface area (Å²) in [5.41, 5.74) is 0.00574. The van der Waals surface area contributed by atoms with E-state index in [-0.39, 0.29) is 5.91 Å². The molecule has 0 bridgehead atoms. The van der Waals surface area contributed by atoms with Crippen LogP contribution in [0.1, 0.15) is 27.2 Å². The maximum Gasteiger partial charge on any atom is 0.270 e. The highest BCUT2D eigenvalue weighted by atomic mass is 127. The lowest BCUT2D eigenvalue weighted by atomic mass is 10.0. The Balaban J connectivity index is 2.23. The molecule has 0 saturated carbocycles. The fourth-order valence-electron chi connectivity index (χ4n) is 2.16. The lowest BCUT2D eigenvalue weighted by Gasteiger charge is -2.38. The van der Waals surface area contributed by atoms with E-state index in [4.69, 9.17) is 9.47 Å². The molecule has 5 heteroatoms. The van der Waals surface area contributed by atoms with Crippen LogP contribution in [0.3, 0.4) is 0 Å². The Bertz CT molecular complexity index is 502. The second-order valence-corrected chi connectivity index (χ2v) is 6.54. The quantitative estimate of drug-likeness (QED) is 0.574. The molecule has 0 aliphatic carbocycles. The number of carbonyl (C=O) groups excluding carboxylic acids is 1. The zero-order valence-electron chi connectivity index (χ0n) is 12.1. The van der Waals surface area contributed by atoms with Crippen molar-refractivity contribution in [3.63, 3.8) is 0 Å². The van der Waals surface area contributed by atoms with E-state index in [0.29, 0.717) is 13.2 Å². The molecule has 0 atom stereocenters. The molecule has 1 heterocycles. The van der Waals surface area contributed by atoms with Gasteiger partial charge in [-0.1, -0.05) is 6.92 Å². The number of fused-ring (bicyclic) bond motifs is 1. The summed E-state index contributed by atoms with van der Waals surface area (Å²) in [5.74, 6) is 0.734. The van der Waals surface area contributed by atoms with Crippen molar-refractivity contribution in [1.29, 1.82) is 0 Å². The Morgan fingerprint density at radius 1 is 1.35 bits per heavy atom. The van der Waals surface area contributed by atoms with Gasteiger partial charge in [0.05, 0.1) is 12.3 Å². The minimum absolute atomic E-state index is 0.0212. The van der Waals surface area contributed by atoms with Gasteiger partial charge < -0.3 is 14.4 Å². The highest BCUT2D eigenvalue weighted by Crippen LogP contribution is 2.38. The molecule has 4 nitrogen and oxygen atoms in total. The van der Waals surface area contributed by atoms with E-state index in [1.54, 1.807) is 18.7 Å². The first-order valence-electron chi connectivity index (χ1n) is 6.84. The molecule has 1 amide bonds. The number of carbonyl (C=O) groups is 1. The molecule has 0 fully saturated rings. The minimum Gasteiger partial charge on any atom is -0.476 e. The van der Waals surface area contributed by atoms with E-state index in [0.717, 1.165) is 28.0 Å². The van der Waals surface area contributed by atoms with Crippen molar-refractivity contribution in [2.45, 2.75) is 32.8 Å². The molecule has 1 aliphatic heterocycles. The third kappa shape index (κ3) is 3.25. The number of hydrogen-bond acceptors (Lipinski definition) is 3. The van der Waals surface area contributed by atoms with Crippen LogP contribution in [0.2, 0.25) is 0 Å². The third-order valence-electron chi connectivity index (χ3n) is 3.14. The summed E-state index contributed by atoms with van der Waals surface area (Å²) in [4.78, 5) is 14.3. The molecule has 2 rings (SSSR count). The number of ether oxygens (including phenoxy) is 2. The van der Waals surface area contributed by atoms with Crippen LogP contribution in [-0.2, 0) is 9.53 Å². The smallest absolute Gasteiger partial charge is 0.270 e. The van der Waals surface area contributed by atoms with Gasteiger partial charge in [-0.2, -0.15) is 0 Å². The second kappa shape index (κ2) is 6.30. The van der Waals surface area contributed by atoms with E-state index in [9.17, 15) is 4.79 Å². The number of rotatable bonds is 5. The lowest BCUT2D eigenvalue weighted by Crippen LogP contribution is -2.53. The normalized spacial score (nSPS) is 16.8. The highest BCUT2D eigenvalue weighted by molar-refractivity contribution is 14.1. The van der Waals surface area contributed by atoms with E-state index in [2.05, 4.69) is 29.5 Å². The van der Waals surface area contributed by atoms with Crippen LogP contribution in [0.25, 0.3) is 0 Å². The monoisotopic (exact) mass is 389 g/mol. The van der Waals surface area contributed by atoms with Gasteiger partial charge in [0.15, 0.2) is 5.60 Å². The van der Waals surface area contributed by atoms with Crippen molar-refractivity contribution in [1.82, 2.24) is 0 Å². The van der Waals surface area contributed by atoms with Gasteiger partial charge in [-0.25, -0.2) is 0 Å². The first kappa shape index (κ1) is 15.6. The number of benzene rings is 1. The molecule has 0 radical (unpaired) electrons. The van der Waals surface area contributed by atoms with Crippen molar-refractivity contribution in [3.8, 4) is 5.75 Å². The van der Waals surface area contributed by atoms with Crippen LogP contribution >= 0.6 is 22.6 Å². The molecule has 0 unspecified atom stereocenters. The largest absolute Gasteiger partial charge is 0.476 e. The summed E-state index contributed by atoms with van der Waals surface area (Å²) < 4.78 is 12.4. The predicted molar refractivity (Wildman–Crippen MR) is 87.3 cm³/mol. The molecule has 20 heavy (non-hydrogen) atoms. The Labute approximate surface area is 133 Å². The van der Waals surface area contributed by atoms with Gasteiger partial charge in [0.2, 0.25) is 0 Å². The lowest BCUT2D eigenvalue weighted by molar-refractivity contribution is -0.132. The molecule has 0 saturated heterocycles. The number of amides is 1. The molecule has 0 N–H and O–H groups in total. The van der Waals surface area contributed by atoms with Gasteiger partial charge in [0.1, 0.15) is 5.75 Å². The van der Waals surface area contributed by atoms with Gasteiger partial charge in [-0.15, -0.1) is 0 Å². The minimum atomic E-state index is -0.829. The number of halogens is 1. The first-order valence-corrected chi connectivity index (χ1v) is 7.92. The number of hydrogen-bond donors (Lipinski definition) is 0. The molecule has 0 aromatic heterocycles. The summed E-state index contributed by atoms with van der Waals surface area (Å²) in [6.45, 7) is 7.49. The summed E-state index contributed by atoms with van der Waals surface area (Å²) >= 11 is 2.24. The van der Waals surface area contributed by atoms with Gasteiger partial charge >= 0.3 is 0 Å². The van der Waals surface area contributed by atoms with E-state index in [1.807, 2.05) is 18.2 Å². The zero-order chi connectivity index (χ0) is 14.8. The Kier molecular flexibility index (Phi) is 4.90. The fraction of sp³-hybridized carbons (Fsp3) is 0.533. The van der Waals surface area contributed by atoms with Crippen LogP contribution in [0.5, 0.6) is 5.75 Å². The molecule has 110 valence electrons. The van der Waals surface area contributed by atoms with E-state index in [1.165, 1.54) is 0 Å². The SMILES string of the molecule is CCCOCCN1C(=O)C(C)(C)Oc2ccc(I)cc21. The van der Waals surface area contributed by atoms with E-state index >= 15 is 0 Å². The van der Waals surface area contributed by atoms with Crippen molar-refractivity contribution in [2.75, 3.05) is 24.7 Å². The zero-order valence-corrected chi connectivity index (χ0v) is 14.3. The van der Waals surface area contributed by atoms with Gasteiger partial charge in [-0.05, 0) is 61.1 Å². The highest BCUT2D eigenvalue weighted by Gasteiger charge is 2.40. The predicted octanol–water partition coefficient (Wildman–Crippen LogP) is 3.22. The van der Waals surface area contributed by atoms with Crippen LogP contribution in [0, 0.1) is 3.57 Å². The molecular weight excluding hydrogens is 369 g/mol. The van der Waals surface area contributed by atoms with Gasteiger partial charge in [0, 0.05) is 16.7 Å². The summed E-state index contributed by atoms with van der Waals surface area (Å²) in [6.07, 6.45) is 0.983. The van der Waals surface area contributed by atoms with Crippen LogP contribution in [0.4, 0.5) is 5.69 Å². The Morgan fingerprint density at radius 3 is 2.80 bits per heavy atom. The maximum absolute atomic E-state index is 12.5. The van der Waals surface area contributed by atoms with Gasteiger partial charge in [0.25, 0.3) is 5.91 Å².